The van der Waals surface area contributed by atoms with E-state index in [0.717, 1.165) is 12.8 Å². The molecule has 1 aromatic carbocycles. The third-order valence-corrected chi connectivity index (χ3v) is 5.22. The number of sulfonamides is 1. The first-order valence-electron chi connectivity index (χ1n) is 5.64. The topological polar surface area (TPSA) is 81.4 Å². The molecule has 0 aliphatic carbocycles. The van der Waals surface area contributed by atoms with E-state index in [2.05, 4.69) is 20.7 Å². The third-order valence-electron chi connectivity index (χ3n) is 2.73. The van der Waals surface area contributed by atoms with Crippen LogP contribution in [-0.4, -0.2) is 27.7 Å². The SMILES string of the molecule is Nc1ccc(S(=O)(=O)NC2CCCOC2)c(Br)c1. The minimum absolute atomic E-state index is 0.159. The molecule has 1 unspecified atom stereocenters. The number of halogens is 1. The fourth-order valence-corrected chi connectivity index (χ4v) is 4.20. The molecular weight excluding hydrogens is 320 g/mol. The van der Waals surface area contributed by atoms with Gasteiger partial charge in [-0.1, -0.05) is 0 Å². The van der Waals surface area contributed by atoms with Gasteiger partial charge in [0, 0.05) is 22.8 Å². The van der Waals surface area contributed by atoms with E-state index >= 15 is 0 Å². The van der Waals surface area contributed by atoms with Crippen molar-refractivity contribution in [3.8, 4) is 0 Å². The highest BCUT2D eigenvalue weighted by Gasteiger charge is 2.23. The van der Waals surface area contributed by atoms with Crippen molar-refractivity contribution in [1.29, 1.82) is 0 Å². The lowest BCUT2D eigenvalue weighted by Crippen LogP contribution is -2.40. The van der Waals surface area contributed by atoms with Crippen LogP contribution in [0.15, 0.2) is 27.6 Å². The molecule has 7 heteroatoms. The molecule has 1 atom stereocenters. The molecule has 0 aromatic heterocycles. The van der Waals surface area contributed by atoms with E-state index in [-0.39, 0.29) is 10.9 Å². The molecule has 1 aliphatic rings. The van der Waals surface area contributed by atoms with Crippen molar-refractivity contribution in [2.75, 3.05) is 18.9 Å². The minimum Gasteiger partial charge on any atom is -0.399 e. The molecule has 2 rings (SSSR count). The maximum Gasteiger partial charge on any atom is 0.242 e. The van der Waals surface area contributed by atoms with Crippen LogP contribution in [-0.2, 0) is 14.8 Å². The lowest BCUT2D eigenvalue weighted by molar-refractivity contribution is 0.0774. The average Bonchev–Trinajstić information content (AvgIpc) is 2.29. The average molecular weight is 335 g/mol. The predicted octanol–water partition coefficient (Wildman–Crippen LogP) is 1.49. The molecule has 1 aliphatic heterocycles. The van der Waals surface area contributed by atoms with E-state index < -0.39 is 10.0 Å². The standard InChI is InChI=1S/C11H15BrN2O3S/c12-10-6-8(13)3-4-11(10)18(15,16)14-9-2-1-5-17-7-9/h3-4,6,9,14H,1-2,5,7,13H2. The Bertz CT molecular complexity index is 527. The summed E-state index contributed by atoms with van der Waals surface area (Å²) in [7, 11) is -3.54. The molecule has 1 heterocycles. The number of rotatable bonds is 3. The van der Waals surface area contributed by atoms with Gasteiger partial charge in [-0.15, -0.1) is 0 Å². The first-order valence-corrected chi connectivity index (χ1v) is 7.92. The van der Waals surface area contributed by atoms with Gasteiger partial charge in [0.15, 0.2) is 0 Å². The Morgan fingerprint density at radius 1 is 1.44 bits per heavy atom. The van der Waals surface area contributed by atoms with Gasteiger partial charge in [-0.25, -0.2) is 13.1 Å². The number of nitrogens with two attached hydrogens (primary N) is 1. The quantitative estimate of drug-likeness (QED) is 0.820. The van der Waals surface area contributed by atoms with Crippen molar-refractivity contribution < 1.29 is 13.2 Å². The molecule has 0 radical (unpaired) electrons. The monoisotopic (exact) mass is 334 g/mol. The van der Waals surface area contributed by atoms with Gasteiger partial charge in [0.05, 0.1) is 11.5 Å². The molecule has 5 nitrogen and oxygen atoms in total. The molecule has 18 heavy (non-hydrogen) atoms. The molecule has 1 saturated heterocycles. The summed E-state index contributed by atoms with van der Waals surface area (Å²) in [6.45, 7) is 1.12. The summed E-state index contributed by atoms with van der Waals surface area (Å²) in [4.78, 5) is 0.197. The Hall–Kier alpha value is -0.630. The van der Waals surface area contributed by atoms with Crippen molar-refractivity contribution in [3.05, 3.63) is 22.7 Å². The van der Waals surface area contributed by atoms with Crippen LogP contribution in [0.3, 0.4) is 0 Å². The summed E-state index contributed by atoms with van der Waals surface area (Å²) in [5.41, 5.74) is 6.11. The first-order chi connectivity index (χ1) is 8.49. The second-order valence-corrected chi connectivity index (χ2v) is 6.76. The number of ether oxygens (including phenoxy) is 1. The zero-order valence-corrected chi connectivity index (χ0v) is 12.1. The minimum atomic E-state index is -3.54. The van der Waals surface area contributed by atoms with E-state index in [0.29, 0.717) is 23.4 Å². The number of nitrogen functional groups attached to an aromatic ring is 1. The van der Waals surface area contributed by atoms with E-state index in [9.17, 15) is 8.42 Å². The second-order valence-electron chi connectivity index (χ2n) is 4.23. The van der Waals surface area contributed by atoms with Crippen LogP contribution in [0.25, 0.3) is 0 Å². The molecule has 3 N–H and O–H groups in total. The smallest absolute Gasteiger partial charge is 0.242 e. The zero-order chi connectivity index (χ0) is 13.2. The Morgan fingerprint density at radius 3 is 2.83 bits per heavy atom. The van der Waals surface area contributed by atoms with Gasteiger partial charge >= 0.3 is 0 Å². The molecule has 100 valence electrons. The lowest BCUT2D eigenvalue weighted by Gasteiger charge is -2.23. The molecule has 0 saturated carbocycles. The zero-order valence-electron chi connectivity index (χ0n) is 9.73. The highest BCUT2D eigenvalue weighted by Crippen LogP contribution is 2.24. The van der Waals surface area contributed by atoms with E-state index in [1.54, 1.807) is 12.1 Å². The van der Waals surface area contributed by atoms with Crippen molar-refractivity contribution in [1.82, 2.24) is 4.72 Å². The Morgan fingerprint density at radius 2 is 2.22 bits per heavy atom. The maximum absolute atomic E-state index is 12.2. The molecule has 0 spiro atoms. The Balaban J connectivity index is 2.19. The number of benzene rings is 1. The molecule has 0 amide bonds. The van der Waals surface area contributed by atoms with Crippen molar-refractivity contribution in [3.63, 3.8) is 0 Å². The highest BCUT2D eigenvalue weighted by atomic mass is 79.9. The van der Waals surface area contributed by atoms with Gasteiger partial charge in [-0.3, -0.25) is 0 Å². The van der Waals surface area contributed by atoms with Gasteiger partial charge in [0.1, 0.15) is 0 Å². The van der Waals surface area contributed by atoms with Crippen molar-refractivity contribution >= 4 is 31.6 Å². The Kier molecular flexibility index (Phi) is 4.26. The third kappa shape index (κ3) is 3.23. The fourth-order valence-electron chi connectivity index (χ4n) is 1.85. The second kappa shape index (κ2) is 5.56. The van der Waals surface area contributed by atoms with Gasteiger partial charge in [-0.2, -0.15) is 0 Å². The molecule has 1 fully saturated rings. The summed E-state index contributed by atoms with van der Waals surface area (Å²) >= 11 is 3.22. The maximum atomic E-state index is 12.2. The normalized spacial score (nSPS) is 20.8. The van der Waals surface area contributed by atoms with Crippen LogP contribution in [0.5, 0.6) is 0 Å². The number of anilines is 1. The summed E-state index contributed by atoms with van der Waals surface area (Å²) in [6, 6.07) is 4.47. The van der Waals surface area contributed by atoms with Crippen molar-refractivity contribution in [2.45, 2.75) is 23.8 Å². The lowest BCUT2D eigenvalue weighted by atomic mass is 10.1. The van der Waals surface area contributed by atoms with Crippen LogP contribution >= 0.6 is 15.9 Å². The number of hydrogen-bond acceptors (Lipinski definition) is 4. The predicted molar refractivity (Wildman–Crippen MR) is 72.7 cm³/mol. The van der Waals surface area contributed by atoms with Gasteiger partial charge in [-0.05, 0) is 47.0 Å². The number of hydrogen-bond donors (Lipinski definition) is 2. The largest absolute Gasteiger partial charge is 0.399 e. The van der Waals surface area contributed by atoms with Crippen LogP contribution < -0.4 is 10.5 Å². The van der Waals surface area contributed by atoms with Crippen LogP contribution in [0.1, 0.15) is 12.8 Å². The van der Waals surface area contributed by atoms with Crippen LogP contribution in [0.2, 0.25) is 0 Å². The molecular formula is C11H15BrN2O3S. The molecule has 0 bridgehead atoms. The first kappa shape index (κ1) is 13.8. The fraction of sp³-hybridized carbons (Fsp3) is 0.455. The van der Waals surface area contributed by atoms with E-state index in [1.807, 2.05) is 0 Å². The summed E-state index contributed by atoms with van der Waals surface area (Å²) in [5, 5.41) is 0. The van der Waals surface area contributed by atoms with E-state index in [4.69, 9.17) is 10.5 Å². The summed E-state index contributed by atoms with van der Waals surface area (Å²) in [5.74, 6) is 0. The highest BCUT2D eigenvalue weighted by molar-refractivity contribution is 9.10. The van der Waals surface area contributed by atoms with Crippen LogP contribution in [0, 0.1) is 0 Å². The summed E-state index contributed by atoms with van der Waals surface area (Å²) < 4.78 is 32.8. The number of nitrogens with one attached hydrogen (secondary N) is 1. The summed E-state index contributed by atoms with van der Waals surface area (Å²) in [6.07, 6.45) is 1.67. The van der Waals surface area contributed by atoms with Crippen LogP contribution in [0.4, 0.5) is 5.69 Å². The van der Waals surface area contributed by atoms with Crippen molar-refractivity contribution in [2.24, 2.45) is 0 Å². The van der Waals surface area contributed by atoms with Gasteiger partial charge in [0.25, 0.3) is 0 Å². The molecule has 1 aromatic rings. The Labute approximate surface area is 115 Å². The van der Waals surface area contributed by atoms with Gasteiger partial charge < -0.3 is 10.5 Å². The van der Waals surface area contributed by atoms with Gasteiger partial charge in [0.2, 0.25) is 10.0 Å². The van der Waals surface area contributed by atoms with E-state index in [1.165, 1.54) is 6.07 Å².